The summed E-state index contributed by atoms with van der Waals surface area (Å²) in [6, 6.07) is 5.49. The molecule has 17 heavy (non-hydrogen) atoms. The average Bonchev–Trinajstić information content (AvgIpc) is 2.30. The van der Waals surface area contributed by atoms with E-state index in [1.165, 1.54) is 0 Å². The lowest BCUT2D eigenvalue weighted by Gasteiger charge is -1.98. The largest absolute Gasteiger partial charge is 0.310 e. The Hall–Kier alpha value is -1.60. The predicted molar refractivity (Wildman–Crippen MR) is 72.4 cm³/mol. The zero-order valence-electron chi connectivity index (χ0n) is 9.38. The maximum atomic E-state index is 11.7. The number of rotatable bonds is 1. The lowest BCUT2D eigenvalue weighted by Crippen LogP contribution is -2.09. The minimum atomic E-state index is -0.114. The van der Waals surface area contributed by atoms with Crippen LogP contribution in [0.2, 0.25) is 0 Å². The van der Waals surface area contributed by atoms with Gasteiger partial charge >= 0.3 is 0 Å². The summed E-state index contributed by atoms with van der Waals surface area (Å²) in [5.74, 6) is 6.66. The van der Waals surface area contributed by atoms with Gasteiger partial charge in [-0.25, -0.2) is 4.98 Å². The van der Waals surface area contributed by atoms with Gasteiger partial charge in [-0.3, -0.25) is 4.79 Å². The summed E-state index contributed by atoms with van der Waals surface area (Å²) in [4.78, 5) is 18.7. The van der Waals surface area contributed by atoms with Crippen molar-refractivity contribution in [3.05, 3.63) is 39.9 Å². The van der Waals surface area contributed by atoms with Gasteiger partial charge in [0.05, 0.1) is 10.9 Å². The van der Waals surface area contributed by atoms with Crippen LogP contribution in [0.25, 0.3) is 10.9 Å². The van der Waals surface area contributed by atoms with E-state index < -0.39 is 0 Å². The Labute approximate surface area is 107 Å². The molecule has 2 rings (SSSR count). The lowest BCUT2D eigenvalue weighted by atomic mass is 10.1. The number of benzene rings is 1. The Morgan fingerprint density at radius 3 is 3.06 bits per heavy atom. The second-order valence-corrected chi connectivity index (χ2v) is 4.42. The average molecular weight is 291 g/mol. The second kappa shape index (κ2) is 5.15. The van der Waals surface area contributed by atoms with Crippen LogP contribution < -0.4 is 5.56 Å². The highest BCUT2D eigenvalue weighted by Crippen LogP contribution is 2.09. The van der Waals surface area contributed by atoms with Crippen molar-refractivity contribution in [2.45, 2.75) is 13.3 Å². The van der Waals surface area contributed by atoms with Crippen LogP contribution in [0, 0.1) is 18.8 Å². The zero-order valence-corrected chi connectivity index (χ0v) is 11.0. The van der Waals surface area contributed by atoms with Crippen molar-refractivity contribution in [2.75, 3.05) is 5.33 Å². The molecule has 4 heteroatoms. The van der Waals surface area contributed by atoms with Crippen molar-refractivity contribution in [3.63, 3.8) is 0 Å². The van der Waals surface area contributed by atoms with Crippen LogP contribution in [0.3, 0.4) is 0 Å². The van der Waals surface area contributed by atoms with Gasteiger partial charge in [0, 0.05) is 17.3 Å². The lowest BCUT2D eigenvalue weighted by molar-refractivity contribution is 1.06. The fourth-order valence-corrected chi connectivity index (χ4v) is 1.74. The first-order chi connectivity index (χ1) is 8.20. The molecule has 0 bridgehead atoms. The number of halogens is 1. The first-order valence-corrected chi connectivity index (χ1v) is 6.38. The van der Waals surface area contributed by atoms with E-state index >= 15 is 0 Å². The van der Waals surface area contributed by atoms with E-state index in [4.69, 9.17) is 0 Å². The molecule has 0 aliphatic carbocycles. The van der Waals surface area contributed by atoms with Crippen LogP contribution in [0.5, 0.6) is 0 Å². The molecule has 0 amide bonds. The molecule has 1 aromatic carbocycles. The molecule has 1 N–H and O–H groups in total. The summed E-state index contributed by atoms with van der Waals surface area (Å²) in [5, 5.41) is 1.44. The summed E-state index contributed by atoms with van der Waals surface area (Å²) >= 11 is 3.31. The van der Waals surface area contributed by atoms with E-state index in [9.17, 15) is 4.79 Å². The molecule has 0 spiro atoms. The monoisotopic (exact) mass is 290 g/mol. The third-order valence-corrected chi connectivity index (χ3v) is 2.67. The van der Waals surface area contributed by atoms with Crippen LogP contribution in [0.15, 0.2) is 23.0 Å². The number of fused-ring (bicyclic) bond motifs is 1. The molecule has 0 fully saturated rings. The van der Waals surface area contributed by atoms with Gasteiger partial charge in [-0.05, 0) is 25.1 Å². The first-order valence-electron chi connectivity index (χ1n) is 5.26. The van der Waals surface area contributed by atoms with Crippen LogP contribution in [0.4, 0.5) is 0 Å². The molecule has 0 atom stereocenters. The Bertz CT molecular complexity index is 664. The van der Waals surface area contributed by atoms with Crippen molar-refractivity contribution in [1.82, 2.24) is 9.97 Å². The smallest absolute Gasteiger partial charge is 0.258 e. The minimum Gasteiger partial charge on any atom is -0.310 e. The predicted octanol–water partition coefficient (Wildman–Crippen LogP) is 2.37. The number of nitrogens with zero attached hydrogens (tertiary/aromatic N) is 1. The van der Waals surface area contributed by atoms with Gasteiger partial charge in [-0.15, -0.1) is 0 Å². The van der Waals surface area contributed by atoms with Gasteiger partial charge in [0.25, 0.3) is 5.56 Å². The molecule has 0 saturated carbocycles. The van der Waals surface area contributed by atoms with E-state index in [1.54, 1.807) is 13.0 Å². The highest BCUT2D eigenvalue weighted by molar-refractivity contribution is 9.09. The van der Waals surface area contributed by atoms with Gasteiger partial charge in [0.1, 0.15) is 5.82 Å². The maximum absolute atomic E-state index is 11.7. The number of H-pyrrole nitrogens is 1. The zero-order chi connectivity index (χ0) is 12.3. The van der Waals surface area contributed by atoms with E-state index in [-0.39, 0.29) is 5.56 Å². The molecule has 3 nitrogen and oxygen atoms in total. The summed E-state index contributed by atoms with van der Waals surface area (Å²) in [6.07, 6.45) is 0.792. The second-order valence-electron chi connectivity index (χ2n) is 3.62. The van der Waals surface area contributed by atoms with E-state index in [2.05, 4.69) is 37.7 Å². The third kappa shape index (κ3) is 2.75. The van der Waals surface area contributed by atoms with E-state index in [0.717, 1.165) is 17.3 Å². The standard InChI is InChI=1S/C13H11BrN2O/c1-9-15-12-6-5-10(4-2-3-7-14)8-11(12)13(17)16-9/h5-6,8H,3,7H2,1H3,(H,15,16,17). The molecule has 1 heterocycles. The van der Waals surface area contributed by atoms with Crippen molar-refractivity contribution in [1.29, 1.82) is 0 Å². The highest BCUT2D eigenvalue weighted by atomic mass is 79.9. The molecule has 1 aromatic heterocycles. The molecule has 0 saturated heterocycles. The number of aromatic amines is 1. The fourth-order valence-electron chi connectivity index (χ4n) is 1.55. The highest BCUT2D eigenvalue weighted by Gasteiger charge is 2.01. The number of alkyl halides is 1. The topological polar surface area (TPSA) is 45.8 Å². The Morgan fingerprint density at radius 2 is 2.29 bits per heavy atom. The van der Waals surface area contributed by atoms with Crippen LogP contribution in [-0.4, -0.2) is 15.3 Å². The van der Waals surface area contributed by atoms with Crippen molar-refractivity contribution < 1.29 is 0 Å². The van der Waals surface area contributed by atoms with Crippen molar-refractivity contribution >= 4 is 26.8 Å². The molecular weight excluding hydrogens is 280 g/mol. The molecule has 0 aliphatic heterocycles. The van der Waals surface area contributed by atoms with Crippen LogP contribution >= 0.6 is 15.9 Å². The molecule has 2 aromatic rings. The molecule has 0 aliphatic rings. The van der Waals surface area contributed by atoms with Crippen molar-refractivity contribution in [3.8, 4) is 11.8 Å². The fraction of sp³-hybridized carbons (Fsp3) is 0.231. The third-order valence-electron chi connectivity index (χ3n) is 2.28. The first kappa shape index (κ1) is 11.9. The number of nitrogens with one attached hydrogen (secondary N) is 1. The minimum absolute atomic E-state index is 0.114. The molecule has 86 valence electrons. The van der Waals surface area contributed by atoms with Gasteiger partial charge in [0.15, 0.2) is 0 Å². The number of aromatic nitrogens is 2. The Morgan fingerprint density at radius 1 is 1.47 bits per heavy atom. The normalized spacial score (nSPS) is 10.0. The number of aryl methyl sites for hydroxylation is 1. The van der Waals surface area contributed by atoms with Crippen molar-refractivity contribution in [2.24, 2.45) is 0 Å². The van der Waals surface area contributed by atoms with Gasteiger partial charge < -0.3 is 4.98 Å². The van der Waals surface area contributed by atoms with E-state index in [1.807, 2.05) is 12.1 Å². The SMILES string of the molecule is Cc1nc2ccc(C#CCCBr)cc2c(=O)[nH]1. The summed E-state index contributed by atoms with van der Waals surface area (Å²) < 4.78 is 0. The van der Waals surface area contributed by atoms with E-state index in [0.29, 0.717) is 16.7 Å². The summed E-state index contributed by atoms with van der Waals surface area (Å²) in [6.45, 7) is 1.77. The van der Waals surface area contributed by atoms with Gasteiger partial charge in [0.2, 0.25) is 0 Å². The van der Waals surface area contributed by atoms with Gasteiger partial charge in [-0.2, -0.15) is 0 Å². The number of hydrogen-bond donors (Lipinski definition) is 1. The quantitative estimate of drug-likeness (QED) is 0.647. The van der Waals surface area contributed by atoms with Crippen LogP contribution in [0.1, 0.15) is 17.8 Å². The Kier molecular flexibility index (Phi) is 3.60. The molecule has 0 radical (unpaired) electrons. The van der Waals surface area contributed by atoms with Gasteiger partial charge in [-0.1, -0.05) is 27.8 Å². The summed E-state index contributed by atoms with van der Waals surface area (Å²) in [7, 11) is 0. The molecular formula is C13H11BrN2O. The van der Waals surface area contributed by atoms with Crippen LogP contribution in [-0.2, 0) is 0 Å². The number of hydrogen-bond acceptors (Lipinski definition) is 2. The summed E-state index contributed by atoms with van der Waals surface area (Å²) in [5.41, 5.74) is 1.43. The maximum Gasteiger partial charge on any atom is 0.258 e. The Balaban J connectivity index is 2.52. The molecule has 0 unspecified atom stereocenters.